The van der Waals surface area contributed by atoms with E-state index >= 15 is 0 Å². The van der Waals surface area contributed by atoms with Gasteiger partial charge in [-0.2, -0.15) is 11.3 Å². The number of likely N-dealkylation sites (N-methyl/N-ethyl adjacent to an activating group) is 1. The smallest absolute Gasteiger partial charge is 0.338 e. The Kier molecular flexibility index (Phi) is 6.36. The van der Waals surface area contributed by atoms with E-state index in [-0.39, 0.29) is 19.2 Å². The van der Waals surface area contributed by atoms with Crippen LogP contribution in [-0.2, 0) is 9.53 Å². The highest BCUT2D eigenvalue weighted by Crippen LogP contribution is 2.33. The normalized spacial score (nSPS) is 16.8. The van der Waals surface area contributed by atoms with Crippen LogP contribution in [0.15, 0.2) is 52.4 Å². The number of nitrogens with one attached hydrogen (secondary N) is 1. The lowest BCUT2D eigenvalue weighted by Gasteiger charge is -2.35. The van der Waals surface area contributed by atoms with E-state index < -0.39 is 12.0 Å². The molecule has 1 aromatic carbocycles. The first-order valence-electron chi connectivity index (χ1n) is 9.24. The lowest BCUT2D eigenvalue weighted by Crippen LogP contribution is -2.49. The van der Waals surface area contributed by atoms with Crippen LogP contribution in [0.2, 0.25) is 0 Å². The number of amides is 2. The van der Waals surface area contributed by atoms with Gasteiger partial charge >= 0.3 is 12.0 Å². The summed E-state index contributed by atoms with van der Waals surface area (Å²) in [6, 6.07) is 8.74. The van der Waals surface area contributed by atoms with Gasteiger partial charge in [-0.1, -0.05) is 12.1 Å². The number of thiophene rings is 1. The zero-order valence-electron chi connectivity index (χ0n) is 16.2. The van der Waals surface area contributed by atoms with E-state index in [2.05, 4.69) is 5.32 Å². The molecular weight excluding hydrogens is 376 g/mol. The van der Waals surface area contributed by atoms with Crippen LogP contribution in [0.4, 0.5) is 4.79 Å². The summed E-state index contributed by atoms with van der Waals surface area (Å²) in [5.41, 5.74) is 2.86. The molecule has 1 N–H and O–H groups in total. The van der Waals surface area contributed by atoms with Gasteiger partial charge in [0.05, 0.1) is 23.9 Å². The molecule has 0 unspecified atom stereocenters. The van der Waals surface area contributed by atoms with Crippen molar-refractivity contribution in [2.45, 2.75) is 26.8 Å². The van der Waals surface area contributed by atoms with Crippen molar-refractivity contribution in [3.63, 3.8) is 0 Å². The molecule has 0 fully saturated rings. The summed E-state index contributed by atoms with van der Waals surface area (Å²) in [7, 11) is 0. The largest absolute Gasteiger partial charge is 0.487 e. The molecule has 2 aromatic rings. The van der Waals surface area contributed by atoms with Crippen LogP contribution in [0.1, 0.15) is 31.0 Å². The quantitative estimate of drug-likeness (QED) is 0.713. The molecule has 1 aliphatic heterocycles. The van der Waals surface area contributed by atoms with Crippen LogP contribution in [0, 0.1) is 6.92 Å². The number of hydrogen-bond donors (Lipinski definition) is 1. The first-order chi connectivity index (χ1) is 13.5. The van der Waals surface area contributed by atoms with E-state index in [9.17, 15) is 9.59 Å². The standard InChI is InChI=1S/C21H24N2O4S/c1-4-23-17(12-27-16-8-6-7-14(3)11-16)18(20(24)26-5-2)19(22-21(23)25)15-9-10-28-13-15/h6-11,13,19H,4-5,12H2,1-3H3,(H,22,25)/t19-/m0/s1. The number of aryl methyl sites for hydroxylation is 1. The van der Waals surface area contributed by atoms with Gasteiger partial charge in [0.15, 0.2) is 0 Å². The number of rotatable bonds is 7. The molecule has 2 amide bonds. The van der Waals surface area contributed by atoms with E-state index in [1.54, 1.807) is 6.92 Å². The van der Waals surface area contributed by atoms with Gasteiger partial charge in [0.1, 0.15) is 12.4 Å². The second-order valence-electron chi connectivity index (χ2n) is 6.37. The number of urea groups is 1. The molecule has 1 aromatic heterocycles. The fourth-order valence-corrected chi connectivity index (χ4v) is 3.87. The van der Waals surface area contributed by atoms with Gasteiger partial charge in [-0.3, -0.25) is 4.90 Å². The lowest BCUT2D eigenvalue weighted by atomic mass is 9.96. The first kappa shape index (κ1) is 19.9. The van der Waals surface area contributed by atoms with Crippen molar-refractivity contribution in [3.05, 3.63) is 63.5 Å². The Morgan fingerprint density at radius 1 is 1.29 bits per heavy atom. The average Bonchev–Trinajstić information content (AvgIpc) is 3.20. The SMILES string of the molecule is CCOC(=O)C1=C(COc2cccc(C)c2)N(CC)C(=O)N[C@H]1c1ccsc1. The van der Waals surface area contributed by atoms with Crippen LogP contribution < -0.4 is 10.1 Å². The Morgan fingerprint density at radius 2 is 2.11 bits per heavy atom. The summed E-state index contributed by atoms with van der Waals surface area (Å²) in [5.74, 6) is 0.241. The first-order valence-corrected chi connectivity index (χ1v) is 10.2. The molecule has 0 bridgehead atoms. The maximum absolute atomic E-state index is 12.8. The molecule has 0 radical (unpaired) electrons. The summed E-state index contributed by atoms with van der Waals surface area (Å²) in [6.45, 7) is 6.37. The van der Waals surface area contributed by atoms with E-state index in [0.29, 0.717) is 23.6 Å². The fraction of sp³-hybridized carbons (Fsp3) is 0.333. The van der Waals surface area contributed by atoms with Gasteiger partial charge in [-0.05, 0) is 60.9 Å². The van der Waals surface area contributed by atoms with Gasteiger partial charge < -0.3 is 14.8 Å². The molecule has 1 aliphatic rings. The molecule has 0 spiro atoms. The lowest BCUT2D eigenvalue weighted by molar-refractivity contribution is -0.139. The topological polar surface area (TPSA) is 67.9 Å². The minimum atomic E-state index is -0.559. The molecule has 3 rings (SSSR count). The van der Waals surface area contributed by atoms with Crippen molar-refractivity contribution in [2.24, 2.45) is 0 Å². The van der Waals surface area contributed by atoms with E-state index in [0.717, 1.165) is 11.1 Å². The highest BCUT2D eigenvalue weighted by molar-refractivity contribution is 7.08. The summed E-state index contributed by atoms with van der Waals surface area (Å²) < 4.78 is 11.3. The molecule has 2 heterocycles. The van der Waals surface area contributed by atoms with Gasteiger partial charge in [0, 0.05) is 6.54 Å². The predicted octanol–water partition coefficient (Wildman–Crippen LogP) is 4.04. The van der Waals surface area contributed by atoms with Gasteiger partial charge in [-0.25, -0.2) is 9.59 Å². The van der Waals surface area contributed by atoms with Crippen LogP contribution in [0.5, 0.6) is 5.75 Å². The van der Waals surface area contributed by atoms with Gasteiger partial charge in [-0.15, -0.1) is 0 Å². The van der Waals surface area contributed by atoms with E-state index in [1.807, 2.05) is 54.9 Å². The summed E-state index contributed by atoms with van der Waals surface area (Å²) >= 11 is 1.51. The third kappa shape index (κ3) is 4.20. The van der Waals surface area contributed by atoms with Crippen molar-refractivity contribution in [2.75, 3.05) is 19.8 Å². The van der Waals surface area contributed by atoms with Gasteiger partial charge in [0.25, 0.3) is 0 Å². The third-order valence-electron chi connectivity index (χ3n) is 4.49. The van der Waals surface area contributed by atoms with Crippen molar-refractivity contribution < 1.29 is 19.1 Å². The number of carbonyl (C=O) groups excluding carboxylic acids is 2. The number of benzene rings is 1. The van der Waals surface area contributed by atoms with Gasteiger partial charge in [0.2, 0.25) is 0 Å². The van der Waals surface area contributed by atoms with E-state index in [1.165, 1.54) is 16.2 Å². The molecule has 6 nitrogen and oxygen atoms in total. The average molecular weight is 401 g/mol. The maximum atomic E-state index is 12.8. The van der Waals surface area contributed by atoms with Crippen LogP contribution in [0.25, 0.3) is 0 Å². The number of hydrogen-bond acceptors (Lipinski definition) is 5. The summed E-state index contributed by atoms with van der Waals surface area (Å²) in [6.07, 6.45) is 0. The zero-order valence-corrected chi connectivity index (χ0v) is 17.0. The van der Waals surface area contributed by atoms with E-state index in [4.69, 9.17) is 9.47 Å². The van der Waals surface area contributed by atoms with Crippen LogP contribution in [0.3, 0.4) is 0 Å². The predicted molar refractivity (Wildman–Crippen MR) is 108 cm³/mol. The minimum Gasteiger partial charge on any atom is -0.487 e. The van der Waals surface area contributed by atoms with Crippen molar-refractivity contribution in [3.8, 4) is 5.75 Å². The monoisotopic (exact) mass is 400 g/mol. The number of esters is 1. The third-order valence-corrected chi connectivity index (χ3v) is 5.19. The second kappa shape index (κ2) is 8.93. The maximum Gasteiger partial charge on any atom is 0.338 e. The summed E-state index contributed by atoms with van der Waals surface area (Å²) in [4.78, 5) is 27.1. The van der Waals surface area contributed by atoms with Crippen LogP contribution in [-0.4, -0.2) is 36.7 Å². The number of ether oxygens (including phenoxy) is 2. The van der Waals surface area contributed by atoms with Crippen LogP contribution >= 0.6 is 11.3 Å². The molecule has 0 saturated heterocycles. The molecular formula is C21H24N2O4S. The summed E-state index contributed by atoms with van der Waals surface area (Å²) in [5, 5.41) is 6.76. The minimum absolute atomic E-state index is 0.0967. The Bertz CT molecular complexity index is 876. The Balaban J connectivity index is 2.02. The molecule has 1 atom stereocenters. The second-order valence-corrected chi connectivity index (χ2v) is 7.15. The number of carbonyl (C=O) groups is 2. The zero-order chi connectivity index (χ0) is 20.1. The molecule has 28 heavy (non-hydrogen) atoms. The molecule has 148 valence electrons. The molecule has 0 saturated carbocycles. The highest BCUT2D eigenvalue weighted by Gasteiger charge is 2.38. The van der Waals surface area contributed by atoms with Crippen molar-refractivity contribution >= 4 is 23.3 Å². The fourth-order valence-electron chi connectivity index (χ4n) is 3.19. The van der Waals surface area contributed by atoms with Crippen molar-refractivity contribution in [1.82, 2.24) is 10.2 Å². The molecule has 0 aliphatic carbocycles. The highest BCUT2D eigenvalue weighted by atomic mass is 32.1. The molecule has 7 heteroatoms. The van der Waals surface area contributed by atoms with Crippen molar-refractivity contribution in [1.29, 1.82) is 0 Å². The Morgan fingerprint density at radius 3 is 2.75 bits per heavy atom. The number of nitrogens with zero attached hydrogens (tertiary/aromatic N) is 1. The Hall–Kier alpha value is -2.80. The Labute approximate surface area is 168 Å².